The van der Waals surface area contributed by atoms with Crippen molar-refractivity contribution in [3.63, 3.8) is 0 Å². The molecule has 1 unspecified atom stereocenters. The van der Waals surface area contributed by atoms with Crippen LogP contribution in [0.2, 0.25) is 0 Å². The van der Waals surface area contributed by atoms with Crippen LogP contribution in [0.4, 0.5) is 8.78 Å². The quantitative estimate of drug-likeness (QED) is 0.868. The van der Waals surface area contributed by atoms with Crippen molar-refractivity contribution in [3.05, 3.63) is 59.3 Å². The van der Waals surface area contributed by atoms with Gasteiger partial charge >= 0.3 is 0 Å². The number of nitrogens with zero attached hydrogens (tertiary/aromatic N) is 3. The average Bonchev–Trinajstić information content (AvgIpc) is 3.06. The van der Waals surface area contributed by atoms with Gasteiger partial charge < -0.3 is 9.64 Å². The standard InChI is InChI=1S/C17H13F2N3O2/c18-14-3-2-12(7-15(14)19)17(23)22-6-5-13(10-22)24-16-4-1-11(8-20)9-21-16/h1-4,7,9,13H,5-6,10H2. The summed E-state index contributed by atoms with van der Waals surface area (Å²) < 4.78 is 31.9. The first-order valence-electron chi connectivity index (χ1n) is 7.34. The molecule has 0 aliphatic carbocycles. The van der Waals surface area contributed by atoms with Crippen LogP contribution in [0.3, 0.4) is 0 Å². The van der Waals surface area contributed by atoms with Crippen molar-refractivity contribution < 1.29 is 18.3 Å². The van der Waals surface area contributed by atoms with Crippen LogP contribution >= 0.6 is 0 Å². The van der Waals surface area contributed by atoms with Gasteiger partial charge in [0.25, 0.3) is 5.91 Å². The summed E-state index contributed by atoms with van der Waals surface area (Å²) in [5, 5.41) is 8.73. The molecule has 3 rings (SSSR count). The highest BCUT2D eigenvalue weighted by Crippen LogP contribution is 2.19. The molecule has 0 saturated carbocycles. The summed E-state index contributed by atoms with van der Waals surface area (Å²) in [4.78, 5) is 17.9. The molecule has 1 aromatic heterocycles. The highest BCUT2D eigenvalue weighted by Gasteiger charge is 2.29. The zero-order valence-electron chi connectivity index (χ0n) is 12.6. The summed E-state index contributed by atoms with van der Waals surface area (Å²) >= 11 is 0. The summed E-state index contributed by atoms with van der Waals surface area (Å²) in [6.45, 7) is 0.790. The van der Waals surface area contributed by atoms with E-state index >= 15 is 0 Å². The minimum Gasteiger partial charge on any atom is -0.472 e. The minimum atomic E-state index is -1.05. The Hall–Kier alpha value is -3.01. The van der Waals surface area contributed by atoms with Crippen molar-refractivity contribution in [1.82, 2.24) is 9.88 Å². The maximum Gasteiger partial charge on any atom is 0.254 e. The molecular formula is C17H13F2N3O2. The third-order valence-electron chi connectivity index (χ3n) is 3.75. The van der Waals surface area contributed by atoms with Crippen LogP contribution < -0.4 is 4.74 Å². The predicted molar refractivity (Wildman–Crippen MR) is 80.2 cm³/mol. The lowest BCUT2D eigenvalue weighted by Crippen LogP contribution is -2.31. The molecule has 122 valence electrons. The van der Waals surface area contributed by atoms with Crippen molar-refractivity contribution in [1.29, 1.82) is 5.26 Å². The molecule has 0 spiro atoms. The van der Waals surface area contributed by atoms with E-state index in [-0.39, 0.29) is 17.6 Å². The predicted octanol–water partition coefficient (Wildman–Crippen LogP) is 2.52. The lowest BCUT2D eigenvalue weighted by molar-refractivity contribution is 0.0770. The molecule has 1 fully saturated rings. The normalized spacial score (nSPS) is 16.7. The second-order valence-electron chi connectivity index (χ2n) is 5.41. The molecule has 1 amide bonds. The number of amides is 1. The van der Waals surface area contributed by atoms with Crippen LogP contribution in [0.15, 0.2) is 36.5 Å². The van der Waals surface area contributed by atoms with E-state index in [9.17, 15) is 13.6 Å². The van der Waals surface area contributed by atoms with Crippen molar-refractivity contribution in [3.8, 4) is 11.9 Å². The minimum absolute atomic E-state index is 0.103. The molecule has 24 heavy (non-hydrogen) atoms. The SMILES string of the molecule is N#Cc1ccc(OC2CCN(C(=O)c3ccc(F)c(F)c3)C2)nc1. The number of hydrogen-bond acceptors (Lipinski definition) is 4. The number of rotatable bonds is 3. The smallest absolute Gasteiger partial charge is 0.254 e. The first kappa shape index (κ1) is 15.9. The molecule has 1 atom stereocenters. The maximum absolute atomic E-state index is 13.3. The van der Waals surface area contributed by atoms with Crippen molar-refractivity contribution in [2.45, 2.75) is 12.5 Å². The van der Waals surface area contributed by atoms with Crippen molar-refractivity contribution >= 4 is 5.91 Å². The van der Waals surface area contributed by atoms with Gasteiger partial charge in [-0.25, -0.2) is 13.8 Å². The molecule has 1 aliphatic rings. The van der Waals surface area contributed by atoms with Crippen molar-refractivity contribution in [2.75, 3.05) is 13.1 Å². The molecule has 2 heterocycles. The summed E-state index contributed by atoms with van der Waals surface area (Å²) in [7, 11) is 0. The largest absolute Gasteiger partial charge is 0.472 e. The molecule has 0 bridgehead atoms. The molecule has 1 aliphatic heterocycles. The van der Waals surface area contributed by atoms with E-state index < -0.39 is 11.6 Å². The van der Waals surface area contributed by atoms with Gasteiger partial charge in [-0.2, -0.15) is 5.26 Å². The maximum atomic E-state index is 13.3. The van der Waals surface area contributed by atoms with Gasteiger partial charge in [-0.3, -0.25) is 4.79 Å². The van der Waals surface area contributed by atoms with Crippen molar-refractivity contribution in [2.24, 2.45) is 0 Å². The fourth-order valence-electron chi connectivity index (χ4n) is 2.51. The zero-order valence-corrected chi connectivity index (χ0v) is 12.6. The molecule has 0 radical (unpaired) electrons. The number of halogens is 2. The Morgan fingerprint density at radius 3 is 2.79 bits per heavy atom. The Kier molecular flexibility index (Phi) is 4.38. The van der Waals surface area contributed by atoms with E-state index in [0.29, 0.717) is 31.0 Å². The molecule has 1 aromatic carbocycles. The van der Waals surface area contributed by atoms with Gasteiger partial charge in [0, 0.05) is 30.8 Å². The van der Waals surface area contributed by atoms with Gasteiger partial charge in [-0.15, -0.1) is 0 Å². The number of carbonyl (C=O) groups is 1. The van der Waals surface area contributed by atoms with E-state index in [1.54, 1.807) is 12.1 Å². The summed E-state index contributed by atoms with van der Waals surface area (Å²) in [6, 6.07) is 8.26. The molecule has 5 nitrogen and oxygen atoms in total. The van der Waals surface area contributed by atoms with Gasteiger partial charge in [0.2, 0.25) is 5.88 Å². The topological polar surface area (TPSA) is 66.2 Å². The fourth-order valence-corrected chi connectivity index (χ4v) is 2.51. The first-order valence-corrected chi connectivity index (χ1v) is 7.34. The third-order valence-corrected chi connectivity index (χ3v) is 3.75. The van der Waals surface area contributed by atoms with E-state index in [2.05, 4.69) is 4.98 Å². The average molecular weight is 329 g/mol. The van der Waals surface area contributed by atoms with Crippen LogP contribution in [-0.2, 0) is 0 Å². The monoisotopic (exact) mass is 329 g/mol. The van der Waals surface area contributed by atoms with E-state index in [1.165, 1.54) is 17.2 Å². The second kappa shape index (κ2) is 6.62. The number of likely N-dealkylation sites (tertiary alicyclic amines) is 1. The Balaban J connectivity index is 1.63. The second-order valence-corrected chi connectivity index (χ2v) is 5.41. The summed E-state index contributed by atoms with van der Waals surface area (Å²) in [5.74, 6) is -2.02. The Morgan fingerprint density at radius 2 is 2.12 bits per heavy atom. The Bertz CT molecular complexity index is 802. The van der Waals surface area contributed by atoms with Gasteiger partial charge in [-0.1, -0.05) is 0 Å². The summed E-state index contributed by atoms with van der Waals surface area (Å²) in [5.41, 5.74) is 0.537. The van der Waals surface area contributed by atoms with Crippen LogP contribution in [0.5, 0.6) is 5.88 Å². The molecular weight excluding hydrogens is 316 g/mol. The van der Waals surface area contributed by atoms with Crippen LogP contribution in [0, 0.1) is 23.0 Å². The number of nitriles is 1. The highest BCUT2D eigenvalue weighted by molar-refractivity contribution is 5.94. The number of carbonyl (C=O) groups excluding carboxylic acids is 1. The van der Waals surface area contributed by atoms with Crippen LogP contribution in [0.1, 0.15) is 22.3 Å². The number of benzene rings is 1. The highest BCUT2D eigenvalue weighted by atomic mass is 19.2. The fraction of sp³-hybridized carbons (Fsp3) is 0.235. The van der Waals surface area contributed by atoms with E-state index in [0.717, 1.165) is 12.1 Å². The Morgan fingerprint density at radius 1 is 1.29 bits per heavy atom. The van der Waals surface area contributed by atoms with Crippen LogP contribution in [0.25, 0.3) is 0 Å². The van der Waals surface area contributed by atoms with E-state index in [1.807, 2.05) is 6.07 Å². The molecule has 1 saturated heterocycles. The number of hydrogen-bond donors (Lipinski definition) is 0. The van der Waals surface area contributed by atoms with Gasteiger partial charge in [0.1, 0.15) is 12.2 Å². The Labute approximate surface area is 137 Å². The molecule has 7 heteroatoms. The van der Waals surface area contributed by atoms with Crippen LogP contribution in [-0.4, -0.2) is 35.0 Å². The lowest BCUT2D eigenvalue weighted by atomic mass is 10.2. The number of aromatic nitrogens is 1. The first-order chi connectivity index (χ1) is 11.6. The van der Waals surface area contributed by atoms with Gasteiger partial charge in [0.15, 0.2) is 11.6 Å². The zero-order chi connectivity index (χ0) is 17.1. The molecule has 0 N–H and O–H groups in total. The summed E-state index contributed by atoms with van der Waals surface area (Å²) in [6.07, 6.45) is 1.78. The third kappa shape index (κ3) is 3.33. The van der Waals surface area contributed by atoms with Gasteiger partial charge in [0.05, 0.1) is 12.1 Å². The lowest BCUT2D eigenvalue weighted by Gasteiger charge is -2.17. The number of pyridine rings is 1. The van der Waals surface area contributed by atoms with E-state index in [4.69, 9.17) is 10.00 Å². The number of ether oxygens (including phenoxy) is 1. The molecule has 2 aromatic rings. The van der Waals surface area contributed by atoms with Gasteiger partial charge in [-0.05, 0) is 24.3 Å².